The molecule has 1 amide bonds. The molecule has 2 aliphatic rings. The first-order valence-electron chi connectivity index (χ1n) is 9.95. The van der Waals surface area contributed by atoms with Crippen LogP contribution in [0.3, 0.4) is 0 Å². The van der Waals surface area contributed by atoms with Crippen LogP contribution in [0.1, 0.15) is 35.2 Å². The van der Waals surface area contributed by atoms with Gasteiger partial charge in [-0.1, -0.05) is 0 Å². The Morgan fingerprint density at radius 2 is 2.03 bits per heavy atom. The van der Waals surface area contributed by atoms with Crippen LogP contribution in [-0.2, 0) is 20.9 Å². The summed E-state index contributed by atoms with van der Waals surface area (Å²) in [5, 5.41) is 11.0. The number of carbonyl (C=O) groups is 2. The molecule has 0 aromatic carbocycles. The Balaban J connectivity index is 0.000000360. The number of alkyl halides is 3. The Bertz CT molecular complexity index is 895. The lowest BCUT2D eigenvalue weighted by Gasteiger charge is -2.39. The highest BCUT2D eigenvalue weighted by atomic mass is 32.1. The highest BCUT2D eigenvalue weighted by molar-refractivity contribution is 7.08. The van der Waals surface area contributed by atoms with Crippen LogP contribution in [0.4, 0.5) is 13.2 Å². The number of piperidine rings is 1. The lowest BCUT2D eigenvalue weighted by Crippen LogP contribution is -2.50. The van der Waals surface area contributed by atoms with E-state index in [0.29, 0.717) is 19.8 Å². The van der Waals surface area contributed by atoms with Gasteiger partial charge in [-0.05, 0) is 42.0 Å². The number of aromatic nitrogens is 1. The number of nitrogens with zero attached hydrogens (tertiary/aromatic N) is 2. The minimum Gasteiger partial charge on any atom is -0.475 e. The molecule has 2 atom stereocenters. The number of halogens is 3. The second-order valence-corrected chi connectivity index (χ2v) is 8.41. The van der Waals surface area contributed by atoms with Gasteiger partial charge in [0.25, 0.3) is 5.91 Å². The van der Waals surface area contributed by atoms with E-state index in [1.807, 2.05) is 33.9 Å². The second kappa shape index (κ2) is 10.4. The minimum absolute atomic E-state index is 0.0874. The van der Waals surface area contributed by atoms with Gasteiger partial charge in [0.1, 0.15) is 0 Å². The Labute approximate surface area is 186 Å². The quantitative estimate of drug-likeness (QED) is 0.729. The van der Waals surface area contributed by atoms with E-state index in [-0.39, 0.29) is 17.6 Å². The summed E-state index contributed by atoms with van der Waals surface area (Å²) in [7, 11) is 0. The van der Waals surface area contributed by atoms with Crippen molar-refractivity contribution in [3.05, 3.63) is 52.5 Å². The number of carboxylic acids is 1. The van der Waals surface area contributed by atoms with Gasteiger partial charge < -0.3 is 19.5 Å². The average Bonchev–Trinajstić information content (AvgIpc) is 3.43. The molecule has 1 N–H and O–H groups in total. The van der Waals surface area contributed by atoms with Crippen molar-refractivity contribution in [1.29, 1.82) is 0 Å². The molecule has 2 fully saturated rings. The van der Waals surface area contributed by atoms with Crippen molar-refractivity contribution in [3.8, 4) is 0 Å². The fourth-order valence-corrected chi connectivity index (χ4v) is 4.36. The Kier molecular flexibility index (Phi) is 7.86. The van der Waals surface area contributed by atoms with Crippen LogP contribution >= 0.6 is 11.3 Å². The first-order valence-corrected chi connectivity index (χ1v) is 10.9. The van der Waals surface area contributed by atoms with Crippen LogP contribution in [0.5, 0.6) is 0 Å². The maximum Gasteiger partial charge on any atom is 0.490 e. The second-order valence-electron chi connectivity index (χ2n) is 7.63. The van der Waals surface area contributed by atoms with Gasteiger partial charge in [0, 0.05) is 30.7 Å². The molecule has 1 spiro atoms. The molecule has 2 aromatic heterocycles. The summed E-state index contributed by atoms with van der Waals surface area (Å²) in [6.45, 7) is 2.65. The lowest BCUT2D eigenvalue weighted by atomic mass is 9.89. The van der Waals surface area contributed by atoms with Crippen LogP contribution in [0.25, 0.3) is 0 Å². The van der Waals surface area contributed by atoms with Gasteiger partial charge in [-0.15, -0.1) is 0 Å². The summed E-state index contributed by atoms with van der Waals surface area (Å²) in [5.74, 6) is -2.64. The monoisotopic (exact) mass is 472 g/mol. The molecule has 4 rings (SSSR count). The van der Waals surface area contributed by atoms with E-state index in [0.717, 1.165) is 36.9 Å². The van der Waals surface area contributed by atoms with E-state index in [1.165, 1.54) is 0 Å². The topological polar surface area (TPSA) is 89.0 Å². The minimum atomic E-state index is -5.08. The van der Waals surface area contributed by atoms with Gasteiger partial charge in [-0.3, -0.25) is 9.78 Å². The first-order chi connectivity index (χ1) is 15.2. The van der Waals surface area contributed by atoms with Crippen molar-refractivity contribution in [2.45, 2.75) is 43.8 Å². The summed E-state index contributed by atoms with van der Waals surface area (Å²) in [5.41, 5.74) is 1.66. The fraction of sp³-hybridized carbons (Fsp3) is 0.476. The highest BCUT2D eigenvalue weighted by Crippen LogP contribution is 2.36. The number of hydrogen-bond acceptors (Lipinski definition) is 6. The molecule has 11 heteroatoms. The van der Waals surface area contributed by atoms with E-state index >= 15 is 0 Å². The zero-order valence-corrected chi connectivity index (χ0v) is 17.9. The molecular weight excluding hydrogens is 449 g/mol. The van der Waals surface area contributed by atoms with Crippen LogP contribution in [0.15, 0.2) is 41.4 Å². The average molecular weight is 472 g/mol. The molecular formula is C21H23F3N2O5S. The highest BCUT2D eigenvalue weighted by Gasteiger charge is 2.45. The van der Waals surface area contributed by atoms with Crippen molar-refractivity contribution in [3.63, 3.8) is 0 Å². The van der Waals surface area contributed by atoms with Crippen molar-refractivity contribution in [2.75, 3.05) is 19.7 Å². The summed E-state index contributed by atoms with van der Waals surface area (Å²) in [6.07, 6.45) is 1.39. The van der Waals surface area contributed by atoms with E-state index in [1.54, 1.807) is 23.7 Å². The number of rotatable bonds is 4. The zero-order valence-electron chi connectivity index (χ0n) is 17.1. The van der Waals surface area contributed by atoms with Crippen molar-refractivity contribution in [2.24, 2.45) is 0 Å². The predicted octanol–water partition coefficient (Wildman–Crippen LogP) is 3.76. The van der Waals surface area contributed by atoms with Gasteiger partial charge in [0.2, 0.25) is 0 Å². The van der Waals surface area contributed by atoms with Crippen molar-refractivity contribution >= 4 is 23.2 Å². The molecule has 0 radical (unpaired) electrons. The largest absolute Gasteiger partial charge is 0.490 e. The zero-order chi connectivity index (χ0) is 23.2. The first kappa shape index (κ1) is 24.1. The van der Waals surface area contributed by atoms with Crippen LogP contribution < -0.4 is 0 Å². The number of amides is 1. The standard InChI is InChI=1S/C19H22N2O3S.C2HF3O2/c22-18(16-4-9-25-13-16)21-8-1-5-19(14-21)10-17(12-24-19)23-11-15-2-6-20-7-3-15;3-2(4,5)1(6)7/h2-4,6-7,9,13,17H,1,5,8,10-12,14H2;(H,6,7)/t17-,19+;/m1./s1. The third kappa shape index (κ3) is 6.50. The van der Waals surface area contributed by atoms with Gasteiger partial charge in [0.05, 0.1) is 37.0 Å². The Hall–Kier alpha value is -2.50. The SMILES string of the molecule is O=C(O)C(F)(F)F.O=C(c1ccsc1)N1CCC[C@]2(C[C@@H](OCc3ccncc3)CO2)C1. The van der Waals surface area contributed by atoms with Crippen molar-refractivity contribution in [1.82, 2.24) is 9.88 Å². The van der Waals surface area contributed by atoms with Gasteiger partial charge >= 0.3 is 12.1 Å². The predicted molar refractivity (Wildman–Crippen MR) is 109 cm³/mol. The Morgan fingerprint density at radius 1 is 1.31 bits per heavy atom. The number of thiophene rings is 1. The Morgan fingerprint density at radius 3 is 2.66 bits per heavy atom. The van der Waals surface area contributed by atoms with Crippen molar-refractivity contribution < 1.29 is 37.3 Å². The fourth-order valence-electron chi connectivity index (χ4n) is 3.73. The molecule has 0 saturated carbocycles. The molecule has 4 heterocycles. The number of carboxylic acid groups (broad SMARTS) is 1. The number of carbonyl (C=O) groups excluding carboxylic acids is 1. The number of pyridine rings is 1. The molecule has 2 aliphatic heterocycles. The third-order valence-electron chi connectivity index (χ3n) is 5.25. The van der Waals surface area contributed by atoms with Gasteiger partial charge in [-0.2, -0.15) is 24.5 Å². The number of ether oxygens (including phenoxy) is 2. The molecule has 2 aromatic rings. The van der Waals surface area contributed by atoms with E-state index < -0.39 is 12.1 Å². The maximum absolute atomic E-state index is 12.6. The molecule has 7 nitrogen and oxygen atoms in total. The smallest absolute Gasteiger partial charge is 0.475 e. The number of hydrogen-bond donors (Lipinski definition) is 1. The van der Waals surface area contributed by atoms with Gasteiger partial charge in [-0.25, -0.2) is 4.79 Å². The molecule has 2 saturated heterocycles. The third-order valence-corrected chi connectivity index (χ3v) is 5.93. The molecule has 0 unspecified atom stereocenters. The van der Waals surface area contributed by atoms with E-state index in [2.05, 4.69) is 4.98 Å². The molecule has 0 bridgehead atoms. The molecule has 174 valence electrons. The van der Waals surface area contributed by atoms with E-state index in [9.17, 15) is 18.0 Å². The summed E-state index contributed by atoms with van der Waals surface area (Å²) < 4.78 is 43.9. The van der Waals surface area contributed by atoms with Crippen LogP contribution in [0, 0.1) is 0 Å². The molecule has 32 heavy (non-hydrogen) atoms. The maximum atomic E-state index is 12.6. The van der Waals surface area contributed by atoms with Crippen LogP contribution in [0.2, 0.25) is 0 Å². The van der Waals surface area contributed by atoms with Crippen LogP contribution in [-0.4, -0.2) is 64.4 Å². The normalized spacial score (nSPS) is 23.0. The van der Waals surface area contributed by atoms with E-state index in [4.69, 9.17) is 19.4 Å². The number of likely N-dealkylation sites (tertiary alicyclic amines) is 1. The van der Waals surface area contributed by atoms with Gasteiger partial charge in [0.15, 0.2) is 0 Å². The summed E-state index contributed by atoms with van der Waals surface area (Å²) in [6, 6.07) is 5.82. The summed E-state index contributed by atoms with van der Waals surface area (Å²) >= 11 is 1.56. The number of aliphatic carboxylic acids is 1. The lowest BCUT2D eigenvalue weighted by molar-refractivity contribution is -0.192. The molecule has 0 aliphatic carbocycles. The summed E-state index contributed by atoms with van der Waals surface area (Å²) in [4.78, 5) is 27.5.